The SMILES string of the molecule is CCOC(=O)C(COC(=O)Cc1ccc(NC(=O)c2ccccc2-c2ccc(C(F)(F)F)cc2)c(OC(=O)CC)c1)(C(=O)OCC)c1ccccc1. The molecule has 0 aliphatic carbocycles. The van der Waals surface area contributed by atoms with E-state index in [4.69, 9.17) is 18.9 Å². The standard InChI is InChI=1S/C39H36F3NO9/c1-4-33(44)52-32-22-25(23-34(45)51-24-38(36(47)49-5-2,37(48)50-6-3)27-12-8-7-9-13-27)16-21-31(32)43-35(46)30-15-11-10-14-29(30)26-17-19-28(20-18-26)39(40,41)42/h7-22H,4-6,23-24H2,1-3H3,(H,43,46). The lowest BCUT2D eigenvalue weighted by atomic mass is 9.81. The number of alkyl halides is 3. The highest BCUT2D eigenvalue weighted by atomic mass is 19.4. The van der Waals surface area contributed by atoms with Gasteiger partial charge in [-0.3, -0.25) is 24.0 Å². The molecule has 0 saturated carbocycles. The lowest BCUT2D eigenvalue weighted by Gasteiger charge is -2.29. The average Bonchev–Trinajstić information content (AvgIpc) is 3.13. The highest BCUT2D eigenvalue weighted by Gasteiger charge is 2.52. The molecule has 4 rings (SSSR count). The summed E-state index contributed by atoms with van der Waals surface area (Å²) in [5.74, 6) is -4.14. The molecule has 4 aromatic rings. The third kappa shape index (κ3) is 9.22. The maximum Gasteiger partial charge on any atom is 0.416 e. The Morgan fingerprint density at radius 1 is 0.673 bits per heavy atom. The van der Waals surface area contributed by atoms with Crippen molar-refractivity contribution < 1.29 is 56.1 Å². The van der Waals surface area contributed by atoms with Crippen LogP contribution >= 0.6 is 0 Å². The molecule has 10 nitrogen and oxygen atoms in total. The smallest absolute Gasteiger partial charge is 0.416 e. The Morgan fingerprint density at radius 3 is 1.88 bits per heavy atom. The summed E-state index contributed by atoms with van der Waals surface area (Å²) in [6, 6.07) is 22.8. The monoisotopic (exact) mass is 719 g/mol. The third-order valence-corrected chi connectivity index (χ3v) is 7.81. The van der Waals surface area contributed by atoms with Gasteiger partial charge in [0.05, 0.1) is 30.9 Å². The molecule has 0 heterocycles. The van der Waals surface area contributed by atoms with Crippen molar-refractivity contribution >= 4 is 35.5 Å². The molecule has 1 N–H and O–H groups in total. The molecule has 0 unspecified atom stereocenters. The van der Waals surface area contributed by atoms with Crippen molar-refractivity contribution in [1.29, 1.82) is 0 Å². The Bertz CT molecular complexity index is 1890. The number of carbonyl (C=O) groups excluding carboxylic acids is 5. The first-order valence-electron chi connectivity index (χ1n) is 16.3. The summed E-state index contributed by atoms with van der Waals surface area (Å²) in [4.78, 5) is 65.6. The van der Waals surface area contributed by atoms with Gasteiger partial charge in [0.2, 0.25) is 5.41 Å². The van der Waals surface area contributed by atoms with Gasteiger partial charge in [-0.15, -0.1) is 0 Å². The van der Waals surface area contributed by atoms with E-state index in [0.717, 1.165) is 12.1 Å². The van der Waals surface area contributed by atoms with E-state index in [9.17, 15) is 37.1 Å². The van der Waals surface area contributed by atoms with E-state index in [0.29, 0.717) is 16.7 Å². The van der Waals surface area contributed by atoms with Crippen LogP contribution in [0.25, 0.3) is 11.1 Å². The van der Waals surface area contributed by atoms with Gasteiger partial charge in [0.25, 0.3) is 5.91 Å². The second-order valence-electron chi connectivity index (χ2n) is 11.3. The van der Waals surface area contributed by atoms with Crippen LogP contribution in [0.15, 0.2) is 97.1 Å². The molecule has 0 atom stereocenters. The Morgan fingerprint density at radius 2 is 1.29 bits per heavy atom. The third-order valence-electron chi connectivity index (χ3n) is 7.81. The maximum absolute atomic E-state index is 13.5. The van der Waals surface area contributed by atoms with Crippen LogP contribution in [0.2, 0.25) is 0 Å². The molecular weight excluding hydrogens is 683 g/mol. The van der Waals surface area contributed by atoms with E-state index < -0.39 is 60.0 Å². The zero-order valence-corrected chi connectivity index (χ0v) is 28.6. The summed E-state index contributed by atoms with van der Waals surface area (Å²) in [6.45, 7) is 3.87. The maximum atomic E-state index is 13.5. The van der Waals surface area contributed by atoms with Crippen LogP contribution in [0.1, 0.15) is 54.2 Å². The molecule has 0 spiro atoms. The van der Waals surface area contributed by atoms with E-state index in [1.165, 1.54) is 48.5 Å². The van der Waals surface area contributed by atoms with Crippen LogP contribution < -0.4 is 10.1 Å². The van der Waals surface area contributed by atoms with Gasteiger partial charge in [-0.1, -0.05) is 73.7 Å². The number of hydrogen-bond donors (Lipinski definition) is 1. The van der Waals surface area contributed by atoms with Gasteiger partial charge >= 0.3 is 30.1 Å². The highest BCUT2D eigenvalue weighted by Crippen LogP contribution is 2.34. The van der Waals surface area contributed by atoms with Gasteiger partial charge in [0.1, 0.15) is 6.61 Å². The summed E-state index contributed by atoms with van der Waals surface area (Å²) in [5, 5.41) is 2.68. The lowest BCUT2D eigenvalue weighted by Crippen LogP contribution is -2.50. The van der Waals surface area contributed by atoms with Gasteiger partial charge < -0.3 is 24.3 Å². The number of ether oxygens (including phenoxy) is 4. The van der Waals surface area contributed by atoms with E-state index in [1.807, 2.05) is 0 Å². The molecule has 0 fully saturated rings. The topological polar surface area (TPSA) is 134 Å². The lowest BCUT2D eigenvalue weighted by molar-refractivity contribution is -0.170. The zero-order valence-electron chi connectivity index (χ0n) is 28.6. The summed E-state index contributed by atoms with van der Waals surface area (Å²) >= 11 is 0. The van der Waals surface area contributed by atoms with Crippen molar-refractivity contribution in [1.82, 2.24) is 0 Å². The van der Waals surface area contributed by atoms with Gasteiger partial charge in [0.15, 0.2) is 5.75 Å². The number of hydrogen-bond acceptors (Lipinski definition) is 9. The van der Waals surface area contributed by atoms with Gasteiger partial charge in [0, 0.05) is 12.0 Å². The largest absolute Gasteiger partial charge is 0.465 e. The van der Waals surface area contributed by atoms with Crippen LogP contribution in [0.4, 0.5) is 18.9 Å². The summed E-state index contributed by atoms with van der Waals surface area (Å²) in [6.07, 6.45) is -4.93. The number of anilines is 1. The Balaban J connectivity index is 1.58. The molecule has 0 saturated heterocycles. The number of esters is 4. The number of benzene rings is 4. The summed E-state index contributed by atoms with van der Waals surface area (Å²) in [7, 11) is 0. The summed E-state index contributed by atoms with van der Waals surface area (Å²) < 4.78 is 60.8. The predicted octanol–water partition coefficient (Wildman–Crippen LogP) is 7.09. The van der Waals surface area contributed by atoms with Crippen molar-refractivity contribution in [2.24, 2.45) is 0 Å². The molecule has 52 heavy (non-hydrogen) atoms. The fraction of sp³-hybridized carbons (Fsp3) is 0.256. The quantitative estimate of drug-likeness (QED) is 0.0628. The highest BCUT2D eigenvalue weighted by molar-refractivity contribution is 6.09. The molecule has 0 aliphatic heterocycles. The van der Waals surface area contributed by atoms with E-state index in [-0.39, 0.29) is 42.2 Å². The predicted molar refractivity (Wildman–Crippen MR) is 183 cm³/mol. The molecule has 1 amide bonds. The number of rotatable bonds is 14. The van der Waals surface area contributed by atoms with Crippen molar-refractivity contribution in [3.63, 3.8) is 0 Å². The van der Waals surface area contributed by atoms with Crippen molar-refractivity contribution in [3.05, 3.63) is 119 Å². The van der Waals surface area contributed by atoms with Crippen molar-refractivity contribution in [3.8, 4) is 16.9 Å². The van der Waals surface area contributed by atoms with E-state index in [1.54, 1.807) is 57.2 Å². The minimum Gasteiger partial charge on any atom is -0.465 e. The molecule has 0 aliphatic rings. The van der Waals surface area contributed by atoms with Gasteiger partial charge in [-0.2, -0.15) is 13.2 Å². The number of amides is 1. The van der Waals surface area contributed by atoms with E-state index >= 15 is 0 Å². The first-order valence-corrected chi connectivity index (χ1v) is 16.3. The van der Waals surface area contributed by atoms with Crippen LogP contribution in [-0.4, -0.2) is 49.6 Å². The van der Waals surface area contributed by atoms with Crippen LogP contribution in [-0.2, 0) is 51.4 Å². The molecule has 0 radical (unpaired) electrons. The molecule has 0 aromatic heterocycles. The normalized spacial score (nSPS) is 11.3. The summed E-state index contributed by atoms with van der Waals surface area (Å²) in [5.41, 5.74) is -1.51. The zero-order chi connectivity index (χ0) is 37.9. The van der Waals surface area contributed by atoms with Crippen LogP contribution in [0.3, 0.4) is 0 Å². The fourth-order valence-corrected chi connectivity index (χ4v) is 5.18. The van der Waals surface area contributed by atoms with Crippen molar-refractivity contribution in [2.75, 3.05) is 25.1 Å². The minimum absolute atomic E-state index is 0.0142. The molecule has 13 heteroatoms. The number of carbonyl (C=O) groups is 5. The van der Waals surface area contributed by atoms with E-state index in [2.05, 4.69) is 5.32 Å². The van der Waals surface area contributed by atoms with Gasteiger partial charge in [-0.05, 0) is 66.4 Å². The molecule has 272 valence electrons. The molecular formula is C39H36F3NO9. The molecule has 0 bridgehead atoms. The Hall–Kier alpha value is -5.98. The average molecular weight is 720 g/mol. The minimum atomic E-state index is -4.53. The number of halogens is 3. The Labute approximate surface area is 297 Å². The second kappa shape index (κ2) is 17.3. The fourth-order valence-electron chi connectivity index (χ4n) is 5.18. The van der Waals surface area contributed by atoms with Gasteiger partial charge in [-0.25, -0.2) is 0 Å². The first-order chi connectivity index (χ1) is 24.8. The number of nitrogens with one attached hydrogen (secondary N) is 1. The van der Waals surface area contributed by atoms with Crippen LogP contribution in [0, 0.1) is 0 Å². The first kappa shape index (κ1) is 38.8. The second-order valence-corrected chi connectivity index (χ2v) is 11.3. The van der Waals surface area contributed by atoms with Crippen molar-refractivity contribution in [2.45, 2.75) is 45.2 Å². The van der Waals surface area contributed by atoms with Crippen LogP contribution in [0.5, 0.6) is 5.75 Å². The molecule has 4 aromatic carbocycles. The Kier molecular flexibility index (Phi) is 12.9.